The first-order chi connectivity index (χ1) is 8.70. The van der Waals surface area contributed by atoms with Crippen LogP contribution in [0.5, 0.6) is 0 Å². The highest BCUT2D eigenvalue weighted by Gasteiger charge is 2.26. The molecule has 0 amide bonds. The number of rotatable bonds is 5. The molecule has 104 valence electrons. The third kappa shape index (κ3) is 4.41. The van der Waals surface area contributed by atoms with Gasteiger partial charge in [-0.2, -0.15) is 13.2 Å². The Balaban J connectivity index is 2.89. The molecule has 0 unspecified atom stereocenters. The number of aromatic nitrogens is 1. The van der Waals surface area contributed by atoms with Crippen molar-refractivity contribution in [2.75, 3.05) is 11.9 Å². The van der Waals surface area contributed by atoms with Gasteiger partial charge in [0.2, 0.25) is 0 Å². The maximum Gasteiger partial charge on any atom is 0.390 e. The number of carboxylic acids is 1. The van der Waals surface area contributed by atoms with E-state index in [2.05, 4.69) is 10.3 Å². The van der Waals surface area contributed by atoms with E-state index in [0.29, 0.717) is 0 Å². The number of alkyl halides is 3. The summed E-state index contributed by atoms with van der Waals surface area (Å²) in [6.07, 6.45) is -4.80. The number of aromatic carboxylic acids is 1. The summed E-state index contributed by atoms with van der Waals surface area (Å²) in [5.74, 6) is -1.87. The van der Waals surface area contributed by atoms with Gasteiger partial charge in [-0.3, -0.25) is 10.1 Å². The van der Waals surface area contributed by atoms with E-state index < -0.39 is 41.3 Å². The van der Waals surface area contributed by atoms with E-state index in [0.717, 1.165) is 12.3 Å². The molecule has 0 fully saturated rings. The van der Waals surface area contributed by atoms with E-state index in [4.69, 9.17) is 5.11 Å². The van der Waals surface area contributed by atoms with Crippen LogP contribution in [-0.4, -0.2) is 33.7 Å². The number of hydrogen-bond donors (Lipinski definition) is 2. The summed E-state index contributed by atoms with van der Waals surface area (Å²) >= 11 is 0. The number of nitrogens with zero attached hydrogens (tertiary/aromatic N) is 2. The fourth-order valence-corrected chi connectivity index (χ4v) is 1.18. The van der Waals surface area contributed by atoms with E-state index in [1.54, 1.807) is 0 Å². The lowest BCUT2D eigenvalue weighted by molar-refractivity contribution is -0.385. The Bertz CT molecular complexity index is 504. The van der Waals surface area contributed by atoms with Crippen molar-refractivity contribution in [3.8, 4) is 0 Å². The smallest absolute Gasteiger partial charge is 0.390 e. The number of halogens is 3. The predicted molar refractivity (Wildman–Crippen MR) is 57.0 cm³/mol. The summed E-state index contributed by atoms with van der Waals surface area (Å²) in [6.45, 7) is -0.575. The molecule has 0 radical (unpaired) electrons. The second-order valence-corrected chi connectivity index (χ2v) is 3.44. The lowest BCUT2D eigenvalue weighted by Crippen LogP contribution is -2.17. The molecule has 7 nitrogen and oxygen atoms in total. The molecule has 0 bridgehead atoms. The van der Waals surface area contributed by atoms with E-state index in [-0.39, 0.29) is 5.82 Å². The molecule has 1 rings (SSSR count). The highest BCUT2D eigenvalue weighted by atomic mass is 19.4. The molecule has 1 aromatic heterocycles. The molecule has 0 aromatic carbocycles. The molecule has 0 atom stereocenters. The van der Waals surface area contributed by atoms with Gasteiger partial charge in [-0.1, -0.05) is 0 Å². The van der Waals surface area contributed by atoms with Crippen molar-refractivity contribution < 1.29 is 28.0 Å². The Morgan fingerprint density at radius 3 is 2.63 bits per heavy atom. The summed E-state index contributed by atoms with van der Waals surface area (Å²) in [6, 6.07) is 0.727. The number of carboxylic acid groups (broad SMARTS) is 1. The molecule has 0 aliphatic heterocycles. The Kier molecular flexibility index (Phi) is 4.25. The van der Waals surface area contributed by atoms with Crippen molar-refractivity contribution in [3.05, 3.63) is 27.9 Å². The summed E-state index contributed by atoms with van der Waals surface area (Å²) in [5, 5.41) is 21.4. The first kappa shape index (κ1) is 14.7. The van der Waals surface area contributed by atoms with Crippen LogP contribution in [0, 0.1) is 10.1 Å². The van der Waals surface area contributed by atoms with Gasteiger partial charge in [-0.25, -0.2) is 9.78 Å². The Labute approximate surface area is 104 Å². The number of pyridine rings is 1. The first-order valence-electron chi connectivity index (χ1n) is 4.89. The summed E-state index contributed by atoms with van der Waals surface area (Å²) in [7, 11) is 0. The Morgan fingerprint density at radius 1 is 1.53 bits per heavy atom. The van der Waals surface area contributed by atoms with Crippen LogP contribution < -0.4 is 5.32 Å². The second kappa shape index (κ2) is 5.50. The second-order valence-electron chi connectivity index (χ2n) is 3.44. The minimum Gasteiger partial charge on any atom is -0.478 e. The van der Waals surface area contributed by atoms with Gasteiger partial charge in [0.15, 0.2) is 0 Å². The van der Waals surface area contributed by atoms with Crippen LogP contribution in [0.2, 0.25) is 0 Å². The third-order valence-electron chi connectivity index (χ3n) is 2.02. The topological polar surface area (TPSA) is 105 Å². The average Bonchev–Trinajstić information content (AvgIpc) is 2.27. The quantitative estimate of drug-likeness (QED) is 0.631. The Hall–Kier alpha value is -2.39. The van der Waals surface area contributed by atoms with Gasteiger partial charge in [0.25, 0.3) is 5.69 Å². The van der Waals surface area contributed by atoms with Gasteiger partial charge < -0.3 is 10.4 Å². The number of hydrogen-bond acceptors (Lipinski definition) is 5. The molecule has 1 aromatic rings. The molecule has 0 saturated heterocycles. The minimum atomic E-state index is -4.39. The molecular formula is C9H8F3N3O4. The maximum absolute atomic E-state index is 11.9. The van der Waals surface area contributed by atoms with E-state index >= 15 is 0 Å². The van der Waals surface area contributed by atoms with Crippen molar-refractivity contribution in [1.29, 1.82) is 0 Å². The number of nitrogens with one attached hydrogen (secondary N) is 1. The first-order valence-corrected chi connectivity index (χ1v) is 4.89. The summed E-state index contributed by atoms with van der Waals surface area (Å²) in [4.78, 5) is 23.9. The normalized spacial score (nSPS) is 11.1. The van der Waals surface area contributed by atoms with Gasteiger partial charge in [0.1, 0.15) is 17.6 Å². The lowest BCUT2D eigenvalue weighted by Gasteiger charge is -2.09. The fraction of sp³-hybridized carbons (Fsp3) is 0.333. The molecule has 2 N–H and O–H groups in total. The van der Waals surface area contributed by atoms with Gasteiger partial charge in [0.05, 0.1) is 11.3 Å². The third-order valence-corrected chi connectivity index (χ3v) is 2.02. The number of carbonyl (C=O) groups is 1. The maximum atomic E-state index is 11.9. The highest BCUT2D eigenvalue weighted by Crippen LogP contribution is 2.22. The molecule has 0 spiro atoms. The fourth-order valence-electron chi connectivity index (χ4n) is 1.18. The number of anilines is 1. The lowest BCUT2D eigenvalue weighted by atomic mass is 10.2. The summed E-state index contributed by atoms with van der Waals surface area (Å²) < 4.78 is 35.8. The number of nitro groups is 1. The van der Waals surface area contributed by atoms with Crippen molar-refractivity contribution >= 4 is 17.5 Å². The van der Waals surface area contributed by atoms with Gasteiger partial charge in [-0.05, 0) is 0 Å². The van der Waals surface area contributed by atoms with Crippen molar-refractivity contribution in [1.82, 2.24) is 4.98 Å². The largest absolute Gasteiger partial charge is 0.478 e. The van der Waals surface area contributed by atoms with E-state index in [9.17, 15) is 28.1 Å². The van der Waals surface area contributed by atoms with Gasteiger partial charge in [0, 0.05) is 12.6 Å². The van der Waals surface area contributed by atoms with Crippen LogP contribution >= 0.6 is 0 Å². The van der Waals surface area contributed by atoms with Crippen LogP contribution in [0.1, 0.15) is 16.8 Å². The molecule has 19 heavy (non-hydrogen) atoms. The average molecular weight is 279 g/mol. The predicted octanol–water partition coefficient (Wildman–Crippen LogP) is 2.05. The zero-order valence-corrected chi connectivity index (χ0v) is 9.27. The SMILES string of the molecule is O=C(O)c1cc([N+](=O)[O-])cnc1NCCC(F)(F)F. The molecule has 1 heterocycles. The zero-order chi connectivity index (χ0) is 14.6. The standard InChI is InChI=1S/C9H8F3N3O4/c10-9(11,12)1-2-13-7-6(8(16)17)3-5(4-14-7)15(18)19/h3-4H,1-2H2,(H,13,14)(H,16,17). The molecule has 0 saturated carbocycles. The van der Waals surface area contributed by atoms with Crippen LogP contribution in [0.4, 0.5) is 24.7 Å². The molecule has 0 aliphatic carbocycles. The van der Waals surface area contributed by atoms with Crippen molar-refractivity contribution in [2.24, 2.45) is 0 Å². The van der Waals surface area contributed by atoms with Crippen LogP contribution in [-0.2, 0) is 0 Å². The highest BCUT2D eigenvalue weighted by molar-refractivity contribution is 5.93. The zero-order valence-electron chi connectivity index (χ0n) is 9.27. The van der Waals surface area contributed by atoms with Crippen LogP contribution in [0.3, 0.4) is 0 Å². The molecule has 10 heteroatoms. The monoisotopic (exact) mass is 279 g/mol. The molecular weight excluding hydrogens is 271 g/mol. The van der Waals surface area contributed by atoms with Crippen molar-refractivity contribution in [2.45, 2.75) is 12.6 Å². The van der Waals surface area contributed by atoms with Crippen LogP contribution in [0.15, 0.2) is 12.3 Å². The molecule has 0 aliphatic rings. The minimum absolute atomic E-state index is 0.345. The van der Waals surface area contributed by atoms with Gasteiger partial charge >= 0.3 is 12.1 Å². The van der Waals surface area contributed by atoms with E-state index in [1.807, 2.05) is 0 Å². The Morgan fingerprint density at radius 2 is 2.16 bits per heavy atom. The van der Waals surface area contributed by atoms with Crippen molar-refractivity contribution in [3.63, 3.8) is 0 Å². The van der Waals surface area contributed by atoms with Crippen LogP contribution in [0.25, 0.3) is 0 Å². The summed E-state index contributed by atoms with van der Waals surface area (Å²) in [5.41, 5.74) is -1.12. The van der Waals surface area contributed by atoms with E-state index in [1.165, 1.54) is 0 Å². The van der Waals surface area contributed by atoms with Gasteiger partial charge in [-0.15, -0.1) is 0 Å².